The number of nitrogens with one attached hydrogen (secondary N) is 1. The predicted octanol–water partition coefficient (Wildman–Crippen LogP) is 5.34. The molecule has 3 heterocycles. The largest absolute Gasteiger partial charge is 0.497 e. The summed E-state index contributed by atoms with van der Waals surface area (Å²) in [6, 6.07) is 17.4. The van der Waals surface area contributed by atoms with E-state index in [1.54, 1.807) is 25.1 Å². The highest BCUT2D eigenvalue weighted by Gasteiger charge is 2.25. The first-order valence-electron chi connectivity index (χ1n) is 11.6. The molecule has 0 fully saturated rings. The summed E-state index contributed by atoms with van der Waals surface area (Å²) >= 11 is 1.22. The molecule has 37 heavy (non-hydrogen) atoms. The monoisotopic (exact) mass is 516 g/mol. The Balaban J connectivity index is 1.69. The molecule has 3 N–H and O–H groups in total. The lowest BCUT2D eigenvalue weighted by Crippen LogP contribution is -2.36. The number of nitrogen functional groups attached to an aromatic ring is 1. The number of rotatable bonds is 7. The van der Waals surface area contributed by atoms with Crippen molar-refractivity contribution in [1.82, 2.24) is 10.3 Å². The van der Waals surface area contributed by atoms with Crippen LogP contribution in [0.2, 0.25) is 0 Å². The van der Waals surface area contributed by atoms with E-state index in [0.717, 1.165) is 22.4 Å². The molecule has 1 amide bonds. The average Bonchev–Trinajstić information content (AvgIpc) is 3.53. The maximum Gasteiger partial charge on any atom is 0.302 e. The second kappa shape index (κ2) is 9.90. The van der Waals surface area contributed by atoms with Crippen molar-refractivity contribution in [2.45, 2.75) is 19.9 Å². The number of thiophene rings is 1. The lowest BCUT2D eigenvalue weighted by molar-refractivity contribution is -0.779. The molecule has 0 unspecified atom stereocenters. The molecule has 5 aromatic rings. The number of hydrogen-bond donors (Lipinski definition) is 2. The van der Waals surface area contributed by atoms with Crippen molar-refractivity contribution in [2.75, 3.05) is 25.3 Å². The van der Waals surface area contributed by atoms with E-state index in [-0.39, 0.29) is 11.9 Å². The number of amides is 1. The van der Waals surface area contributed by atoms with Crippen molar-refractivity contribution < 1.29 is 23.5 Å². The highest BCUT2D eigenvalue weighted by Crippen LogP contribution is 2.44. The van der Waals surface area contributed by atoms with Crippen molar-refractivity contribution in [3.05, 3.63) is 65.7 Å². The minimum absolute atomic E-state index is 0.0878. The molecule has 10 heteroatoms. The molecule has 0 spiro atoms. The number of aromatic nitrogens is 3. The third-order valence-corrected chi connectivity index (χ3v) is 7.02. The van der Waals surface area contributed by atoms with Crippen molar-refractivity contribution in [1.29, 1.82) is 0 Å². The van der Waals surface area contributed by atoms with Crippen LogP contribution in [0, 0.1) is 0 Å². The number of pyridine rings is 1. The number of nitrogens with zero attached hydrogens (tertiary/aromatic N) is 3. The van der Waals surface area contributed by atoms with E-state index in [4.69, 9.17) is 24.7 Å². The number of benzene rings is 2. The van der Waals surface area contributed by atoms with E-state index in [9.17, 15) is 4.79 Å². The zero-order valence-electron chi connectivity index (χ0n) is 20.8. The Hall–Kier alpha value is -4.44. The van der Waals surface area contributed by atoms with Gasteiger partial charge in [0.25, 0.3) is 12.1 Å². The van der Waals surface area contributed by atoms with Gasteiger partial charge in [-0.3, -0.25) is 14.6 Å². The standard InChI is InChI=1S/C27H25N5O4S/c1-15(2)32-14-22(36-31-32)30-26(33)25-24(28)23-19(18-12-17(34-3)10-11-21(18)35-4)13-20(29-27(23)37-25)16-8-6-5-7-9-16/h5-15H,1-4H3,(H2-,28,30,31,33)/p+1. The molecule has 0 aliphatic carbocycles. The lowest BCUT2D eigenvalue weighted by Gasteiger charge is -2.13. The SMILES string of the molecule is COc1ccc(OC)c(-c2cc(-c3ccccc3)nc3sc(C(=O)Nc4c[n+](C(C)C)no4)c(N)c23)c1. The number of hydrogen-bond acceptors (Lipinski definition) is 8. The summed E-state index contributed by atoms with van der Waals surface area (Å²) in [7, 11) is 3.22. The number of anilines is 2. The topological polar surface area (TPSA) is 116 Å². The van der Waals surface area contributed by atoms with Crippen LogP contribution in [-0.4, -0.2) is 30.4 Å². The number of carbonyl (C=O) groups excluding carboxylic acids is 1. The third kappa shape index (κ3) is 4.58. The van der Waals surface area contributed by atoms with E-state index in [1.807, 2.05) is 68.4 Å². The van der Waals surface area contributed by atoms with Gasteiger partial charge in [-0.2, -0.15) is 0 Å². The average molecular weight is 517 g/mol. The Morgan fingerprint density at radius 3 is 2.54 bits per heavy atom. The fourth-order valence-electron chi connectivity index (χ4n) is 4.01. The Labute approximate surface area is 217 Å². The van der Waals surface area contributed by atoms with E-state index < -0.39 is 5.91 Å². The summed E-state index contributed by atoms with van der Waals surface area (Å²) in [5.74, 6) is 1.13. The molecule has 0 saturated carbocycles. The first kappa shape index (κ1) is 24.3. The molecule has 5 rings (SSSR count). The molecule has 0 atom stereocenters. The molecule has 0 aliphatic rings. The van der Waals surface area contributed by atoms with Gasteiger partial charge in [-0.15, -0.1) is 11.3 Å². The summed E-state index contributed by atoms with van der Waals surface area (Å²) in [4.78, 5) is 19.1. The van der Waals surface area contributed by atoms with Gasteiger partial charge in [0, 0.05) is 22.1 Å². The van der Waals surface area contributed by atoms with Crippen LogP contribution in [0.5, 0.6) is 11.5 Å². The second-order valence-corrected chi connectivity index (χ2v) is 9.61. The first-order valence-corrected chi connectivity index (χ1v) is 12.4. The van der Waals surface area contributed by atoms with Crippen LogP contribution in [0.25, 0.3) is 32.6 Å². The predicted molar refractivity (Wildman–Crippen MR) is 143 cm³/mol. The molecule has 2 aromatic carbocycles. The zero-order valence-corrected chi connectivity index (χ0v) is 21.6. The van der Waals surface area contributed by atoms with Crippen LogP contribution >= 0.6 is 11.3 Å². The Kier molecular flexibility index (Phi) is 6.49. The smallest absolute Gasteiger partial charge is 0.302 e. The highest BCUT2D eigenvalue weighted by molar-refractivity contribution is 7.21. The van der Waals surface area contributed by atoms with Crippen LogP contribution in [-0.2, 0) is 0 Å². The van der Waals surface area contributed by atoms with Crippen molar-refractivity contribution in [3.8, 4) is 33.9 Å². The minimum Gasteiger partial charge on any atom is -0.497 e. The van der Waals surface area contributed by atoms with Gasteiger partial charge < -0.3 is 15.2 Å². The highest BCUT2D eigenvalue weighted by atomic mass is 32.1. The van der Waals surface area contributed by atoms with E-state index in [1.165, 1.54) is 11.3 Å². The van der Waals surface area contributed by atoms with Gasteiger partial charge in [0.05, 0.1) is 25.6 Å². The van der Waals surface area contributed by atoms with Crippen LogP contribution < -0.4 is 25.2 Å². The molecular formula is C27H26N5O4S+. The number of methoxy groups -OCH3 is 2. The van der Waals surface area contributed by atoms with Crippen molar-refractivity contribution in [2.24, 2.45) is 0 Å². The van der Waals surface area contributed by atoms with E-state index in [2.05, 4.69) is 10.6 Å². The molecule has 0 saturated heterocycles. The van der Waals surface area contributed by atoms with Gasteiger partial charge in [0.2, 0.25) is 5.27 Å². The lowest BCUT2D eigenvalue weighted by atomic mass is 9.98. The number of ether oxygens (including phenoxy) is 2. The van der Waals surface area contributed by atoms with Gasteiger partial charge >= 0.3 is 5.88 Å². The molecule has 0 radical (unpaired) electrons. The fraction of sp³-hybridized carbons (Fsp3) is 0.185. The first-order chi connectivity index (χ1) is 17.9. The minimum atomic E-state index is -0.405. The molecule has 3 aromatic heterocycles. The maximum absolute atomic E-state index is 13.3. The summed E-state index contributed by atoms with van der Waals surface area (Å²) in [6.45, 7) is 3.92. The zero-order chi connectivity index (χ0) is 26.1. The van der Waals surface area contributed by atoms with Crippen molar-refractivity contribution >= 4 is 39.0 Å². The van der Waals surface area contributed by atoms with Gasteiger partial charge in [0.1, 0.15) is 21.2 Å². The number of nitrogens with two attached hydrogens (primary N) is 1. The summed E-state index contributed by atoms with van der Waals surface area (Å²) in [5.41, 5.74) is 10.2. The van der Waals surface area contributed by atoms with Gasteiger partial charge in [0.15, 0.2) is 6.04 Å². The fourth-order valence-corrected chi connectivity index (χ4v) is 5.02. The second-order valence-electron chi connectivity index (χ2n) is 8.61. The molecule has 188 valence electrons. The third-order valence-electron chi connectivity index (χ3n) is 5.92. The van der Waals surface area contributed by atoms with Gasteiger partial charge in [-0.05, 0) is 42.8 Å². The van der Waals surface area contributed by atoms with Crippen molar-refractivity contribution in [3.63, 3.8) is 0 Å². The normalized spacial score (nSPS) is 11.2. The Morgan fingerprint density at radius 2 is 1.86 bits per heavy atom. The molecule has 9 nitrogen and oxygen atoms in total. The Bertz CT molecular complexity index is 1590. The molecular weight excluding hydrogens is 490 g/mol. The summed E-state index contributed by atoms with van der Waals surface area (Å²) in [5, 5.41) is 7.34. The maximum atomic E-state index is 13.3. The number of fused-ring (bicyclic) bond motifs is 1. The summed E-state index contributed by atoms with van der Waals surface area (Å²) in [6.07, 6.45) is 1.63. The Morgan fingerprint density at radius 1 is 1.08 bits per heavy atom. The van der Waals surface area contributed by atoms with Crippen LogP contribution in [0.4, 0.5) is 11.6 Å². The van der Waals surface area contributed by atoms with E-state index in [0.29, 0.717) is 32.3 Å². The van der Waals surface area contributed by atoms with Crippen LogP contribution in [0.1, 0.15) is 29.6 Å². The van der Waals surface area contributed by atoms with Crippen LogP contribution in [0.3, 0.4) is 0 Å². The van der Waals surface area contributed by atoms with E-state index >= 15 is 0 Å². The van der Waals surface area contributed by atoms with Gasteiger partial charge in [-0.1, -0.05) is 30.3 Å². The summed E-state index contributed by atoms with van der Waals surface area (Å²) < 4.78 is 18.0. The molecule has 0 aliphatic heterocycles. The van der Waals surface area contributed by atoms with Crippen LogP contribution in [0.15, 0.2) is 65.3 Å². The van der Waals surface area contributed by atoms with Gasteiger partial charge in [-0.25, -0.2) is 4.98 Å². The molecule has 0 bridgehead atoms. The number of carbonyl (C=O) groups is 1. The quantitative estimate of drug-likeness (QED) is 0.281.